The van der Waals surface area contributed by atoms with Crippen LogP contribution in [-0.2, 0) is 9.53 Å². The Labute approximate surface area is 86.8 Å². The van der Waals surface area contributed by atoms with Crippen LogP contribution in [0.15, 0.2) is 11.0 Å². The topological polar surface area (TPSA) is 26.3 Å². The first kappa shape index (κ1) is 13.0. The predicted molar refractivity (Wildman–Crippen MR) is 58.3 cm³/mol. The van der Waals surface area contributed by atoms with E-state index >= 15 is 0 Å². The third kappa shape index (κ3) is 4.18. The van der Waals surface area contributed by atoms with E-state index in [0.717, 1.165) is 4.41 Å². The fourth-order valence-corrected chi connectivity index (χ4v) is 5.43. The van der Waals surface area contributed by atoms with Crippen molar-refractivity contribution in [3.05, 3.63) is 11.0 Å². The zero-order valence-electron chi connectivity index (χ0n) is 8.90. The van der Waals surface area contributed by atoms with Crippen LogP contribution in [0.2, 0.25) is 11.5 Å². The first-order valence-electron chi connectivity index (χ1n) is 4.15. The first-order chi connectivity index (χ1) is 5.57. The van der Waals surface area contributed by atoms with Gasteiger partial charge in [0.25, 0.3) is 0 Å². The molecule has 0 saturated carbocycles. The number of hydrogen-bond donors (Lipinski definition) is 0. The van der Waals surface area contributed by atoms with Gasteiger partial charge in [0.1, 0.15) is 0 Å². The molecule has 0 aromatic carbocycles. The molecule has 0 atom stereocenters. The number of hydrogen-bond acceptors (Lipinski definition) is 2. The van der Waals surface area contributed by atoms with Crippen LogP contribution in [0.4, 0.5) is 0 Å². The van der Waals surface area contributed by atoms with Gasteiger partial charge >= 0.3 is 86.7 Å². The van der Waals surface area contributed by atoms with Crippen LogP contribution >= 0.6 is 10.0 Å². The summed E-state index contributed by atoms with van der Waals surface area (Å²) >= 11 is -2.45. The van der Waals surface area contributed by atoms with Crippen molar-refractivity contribution < 1.29 is 9.53 Å². The molecular formula is C9H17ClGeO2. The predicted octanol–water partition coefficient (Wildman–Crippen LogP) is 2.87. The van der Waals surface area contributed by atoms with Crippen molar-refractivity contribution >= 4 is 28.3 Å². The van der Waals surface area contributed by atoms with E-state index in [-0.39, 0.29) is 5.97 Å². The Morgan fingerprint density at radius 1 is 1.46 bits per heavy atom. The van der Waals surface area contributed by atoms with Crippen LogP contribution in [-0.4, -0.2) is 23.9 Å². The molecule has 0 rings (SSSR count). The number of ether oxygens (including phenoxy) is 1. The van der Waals surface area contributed by atoms with Crippen LogP contribution in [0.3, 0.4) is 0 Å². The van der Waals surface area contributed by atoms with Gasteiger partial charge in [-0.25, -0.2) is 0 Å². The van der Waals surface area contributed by atoms with Crippen molar-refractivity contribution in [2.24, 2.45) is 0 Å². The average Bonchev–Trinajstić information content (AvgIpc) is 1.80. The molecule has 13 heavy (non-hydrogen) atoms. The molecule has 0 aromatic heterocycles. The summed E-state index contributed by atoms with van der Waals surface area (Å²) in [6, 6.07) is 0. The average molecular weight is 265 g/mol. The Bertz CT molecular complexity index is 228. The van der Waals surface area contributed by atoms with Crippen molar-refractivity contribution in [3.63, 3.8) is 0 Å². The molecule has 4 heteroatoms. The van der Waals surface area contributed by atoms with Crippen molar-refractivity contribution in [3.8, 4) is 0 Å². The second-order valence-corrected chi connectivity index (χ2v) is 16.4. The zero-order valence-corrected chi connectivity index (χ0v) is 11.8. The van der Waals surface area contributed by atoms with Gasteiger partial charge in [-0.15, -0.1) is 0 Å². The Balaban J connectivity index is 4.65. The van der Waals surface area contributed by atoms with Crippen molar-refractivity contribution in [1.82, 2.24) is 0 Å². The number of carbonyl (C=O) groups excluding carboxylic acids is 1. The van der Waals surface area contributed by atoms with Gasteiger partial charge in [-0.05, 0) is 0 Å². The van der Waals surface area contributed by atoms with E-state index in [2.05, 4.69) is 6.58 Å². The minimum absolute atomic E-state index is 0.297. The van der Waals surface area contributed by atoms with Crippen LogP contribution in [0.1, 0.15) is 20.8 Å². The maximum absolute atomic E-state index is 10.8. The number of carbonyl (C=O) groups is 1. The zero-order chi connectivity index (χ0) is 10.9. The van der Waals surface area contributed by atoms with Gasteiger partial charge in [0, 0.05) is 0 Å². The van der Waals surface area contributed by atoms with E-state index in [4.69, 9.17) is 14.7 Å². The molecule has 0 aliphatic rings. The molecule has 0 amide bonds. The number of esters is 1. The maximum atomic E-state index is 10.8. The Morgan fingerprint density at radius 2 is 1.85 bits per heavy atom. The monoisotopic (exact) mass is 266 g/mol. The normalized spacial score (nSPS) is 12.5. The summed E-state index contributed by atoms with van der Waals surface area (Å²) in [6.45, 7) is 8.97. The van der Waals surface area contributed by atoms with Gasteiger partial charge in [-0.3, -0.25) is 0 Å². The molecule has 0 fully saturated rings. The summed E-state index contributed by atoms with van der Waals surface area (Å²) in [6.07, 6.45) is 0. The van der Waals surface area contributed by atoms with Crippen LogP contribution in [0.5, 0.6) is 0 Å². The van der Waals surface area contributed by atoms with Crippen molar-refractivity contribution in [2.75, 3.05) is 0 Å². The Hall–Kier alpha value is 0.0429. The SMILES string of the molecule is C=[C](C(C)(C)OC(C)=O)[Ge]([CH3])([CH3])[Cl]. The summed E-state index contributed by atoms with van der Waals surface area (Å²) < 4.78 is 6.03. The molecule has 0 saturated heterocycles. The number of halogens is 1. The summed E-state index contributed by atoms with van der Waals surface area (Å²) in [5, 5.41) is 0. The van der Waals surface area contributed by atoms with Crippen LogP contribution in [0, 0.1) is 0 Å². The van der Waals surface area contributed by atoms with E-state index in [0.29, 0.717) is 0 Å². The summed E-state index contributed by atoms with van der Waals surface area (Å²) in [5.41, 5.74) is -0.628. The molecule has 0 aliphatic heterocycles. The molecule has 0 unspecified atom stereocenters. The quantitative estimate of drug-likeness (QED) is 0.579. The van der Waals surface area contributed by atoms with E-state index in [1.54, 1.807) is 0 Å². The summed E-state index contributed by atoms with van der Waals surface area (Å²) in [5.74, 6) is 3.72. The second kappa shape index (κ2) is 4.05. The third-order valence-electron chi connectivity index (χ3n) is 1.84. The molecular weight excluding hydrogens is 248 g/mol. The second-order valence-electron chi connectivity index (χ2n) is 4.05. The van der Waals surface area contributed by atoms with E-state index in [9.17, 15) is 4.79 Å². The molecule has 76 valence electrons. The van der Waals surface area contributed by atoms with Gasteiger partial charge in [0.15, 0.2) is 0 Å². The molecule has 0 heterocycles. The summed E-state index contributed by atoms with van der Waals surface area (Å²) in [7, 11) is 6.25. The number of rotatable bonds is 3. The molecule has 0 aliphatic carbocycles. The van der Waals surface area contributed by atoms with Crippen LogP contribution in [0.25, 0.3) is 0 Å². The van der Waals surface area contributed by atoms with Gasteiger partial charge in [0.05, 0.1) is 0 Å². The van der Waals surface area contributed by atoms with Gasteiger partial charge in [-0.2, -0.15) is 0 Å². The Kier molecular flexibility index (Phi) is 4.06. The molecule has 2 nitrogen and oxygen atoms in total. The molecule has 0 bridgehead atoms. The third-order valence-corrected chi connectivity index (χ3v) is 7.30. The molecule has 0 N–H and O–H groups in total. The Morgan fingerprint density at radius 3 is 2.08 bits per heavy atom. The standard InChI is InChI=1S/C9H17ClGeO2/c1-7(11(5,6)10)9(3,4)13-8(2)12/h1H2,2-6H3. The van der Waals surface area contributed by atoms with Crippen molar-refractivity contribution in [1.29, 1.82) is 0 Å². The van der Waals surface area contributed by atoms with Crippen molar-refractivity contribution in [2.45, 2.75) is 37.9 Å². The molecule has 0 radical (unpaired) electrons. The minimum atomic E-state index is -2.45. The molecule has 0 spiro atoms. The van der Waals surface area contributed by atoms with Gasteiger partial charge < -0.3 is 0 Å². The van der Waals surface area contributed by atoms with E-state index in [1.807, 2.05) is 25.4 Å². The van der Waals surface area contributed by atoms with Gasteiger partial charge in [0.2, 0.25) is 0 Å². The fraction of sp³-hybridized carbons (Fsp3) is 0.667. The summed E-state index contributed by atoms with van der Waals surface area (Å²) in [4.78, 5) is 10.8. The first-order valence-corrected chi connectivity index (χ1v) is 12.2. The van der Waals surface area contributed by atoms with E-state index < -0.39 is 17.9 Å². The van der Waals surface area contributed by atoms with Crippen LogP contribution < -0.4 is 0 Å². The van der Waals surface area contributed by atoms with Gasteiger partial charge in [-0.1, -0.05) is 0 Å². The van der Waals surface area contributed by atoms with E-state index in [1.165, 1.54) is 6.92 Å². The molecule has 0 aromatic rings. The fourth-order valence-electron chi connectivity index (χ4n) is 1.14.